The standard InChI is InChI=1S/C18H24N2S/c1-15-8-9-18(21-15)14-20-11-5-10-19-17(13-20)12-16-6-3-2-4-7-16/h2-4,6-9,17,19H,5,10-14H2,1H3. The molecule has 0 radical (unpaired) electrons. The molecule has 1 unspecified atom stereocenters. The normalized spacial score (nSPS) is 20.3. The molecule has 0 bridgehead atoms. The van der Waals surface area contributed by atoms with Crippen molar-refractivity contribution in [1.82, 2.24) is 10.2 Å². The molecule has 1 aliphatic heterocycles. The Kier molecular flexibility index (Phi) is 5.07. The van der Waals surface area contributed by atoms with Gasteiger partial charge in [0.25, 0.3) is 0 Å². The molecule has 112 valence electrons. The van der Waals surface area contributed by atoms with Crippen LogP contribution in [0.3, 0.4) is 0 Å². The minimum atomic E-state index is 0.566. The molecular formula is C18H24N2S. The third-order valence-corrected chi connectivity index (χ3v) is 5.05. The Balaban J connectivity index is 1.60. The predicted molar refractivity (Wildman–Crippen MR) is 90.9 cm³/mol. The molecule has 0 aliphatic carbocycles. The van der Waals surface area contributed by atoms with E-state index >= 15 is 0 Å². The quantitative estimate of drug-likeness (QED) is 0.930. The first kappa shape index (κ1) is 14.8. The Hall–Kier alpha value is -1.16. The molecule has 1 saturated heterocycles. The lowest BCUT2D eigenvalue weighted by molar-refractivity contribution is 0.261. The molecule has 3 heteroatoms. The highest BCUT2D eigenvalue weighted by atomic mass is 32.1. The van der Waals surface area contributed by atoms with Crippen LogP contribution >= 0.6 is 11.3 Å². The molecule has 1 N–H and O–H groups in total. The molecule has 3 rings (SSSR count). The van der Waals surface area contributed by atoms with Crippen LogP contribution in [0, 0.1) is 6.92 Å². The van der Waals surface area contributed by atoms with Gasteiger partial charge in [0.2, 0.25) is 0 Å². The number of nitrogens with zero attached hydrogens (tertiary/aromatic N) is 1. The van der Waals surface area contributed by atoms with Crippen molar-refractivity contribution in [2.24, 2.45) is 0 Å². The lowest BCUT2D eigenvalue weighted by Gasteiger charge is -2.24. The molecule has 1 aromatic heterocycles. The first-order valence-electron chi connectivity index (χ1n) is 7.84. The summed E-state index contributed by atoms with van der Waals surface area (Å²) >= 11 is 1.93. The van der Waals surface area contributed by atoms with E-state index in [0.717, 1.165) is 26.1 Å². The van der Waals surface area contributed by atoms with Gasteiger partial charge in [0, 0.05) is 28.9 Å². The second-order valence-electron chi connectivity index (χ2n) is 5.94. The summed E-state index contributed by atoms with van der Waals surface area (Å²) in [6.45, 7) is 6.78. The lowest BCUT2D eigenvalue weighted by Crippen LogP contribution is -2.38. The Morgan fingerprint density at radius 1 is 1.19 bits per heavy atom. The number of hydrogen-bond acceptors (Lipinski definition) is 3. The van der Waals surface area contributed by atoms with Gasteiger partial charge >= 0.3 is 0 Å². The third kappa shape index (κ3) is 4.40. The number of rotatable bonds is 4. The van der Waals surface area contributed by atoms with Crippen LogP contribution in [0.5, 0.6) is 0 Å². The van der Waals surface area contributed by atoms with Crippen molar-refractivity contribution in [2.75, 3.05) is 19.6 Å². The highest BCUT2D eigenvalue weighted by Crippen LogP contribution is 2.18. The highest BCUT2D eigenvalue weighted by Gasteiger charge is 2.18. The van der Waals surface area contributed by atoms with Crippen LogP contribution in [0.15, 0.2) is 42.5 Å². The van der Waals surface area contributed by atoms with E-state index in [-0.39, 0.29) is 0 Å². The summed E-state index contributed by atoms with van der Waals surface area (Å²) in [5.41, 5.74) is 1.43. The number of benzene rings is 1. The van der Waals surface area contributed by atoms with E-state index in [0.29, 0.717) is 6.04 Å². The van der Waals surface area contributed by atoms with Crippen molar-refractivity contribution in [1.29, 1.82) is 0 Å². The molecule has 1 aromatic carbocycles. The van der Waals surface area contributed by atoms with Gasteiger partial charge in [0.1, 0.15) is 0 Å². The largest absolute Gasteiger partial charge is 0.312 e. The van der Waals surface area contributed by atoms with E-state index in [9.17, 15) is 0 Å². The summed E-state index contributed by atoms with van der Waals surface area (Å²) in [6.07, 6.45) is 2.37. The van der Waals surface area contributed by atoms with Crippen molar-refractivity contribution < 1.29 is 0 Å². The second-order valence-corrected chi connectivity index (χ2v) is 7.31. The summed E-state index contributed by atoms with van der Waals surface area (Å²) in [5, 5.41) is 3.71. The molecule has 0 saturated carbocycles. The Morgan fingerprint density at radius 2 is 2.05 bits per heavy atom. The van der Waals surface area contributed by atoms with Gasteiger partial charge in [-0.05, 0) is 50.6 Å². The zero-order valence-electron chi connectivity index (χ0n) is 12.7. The molecule has 1 atom stereocenters. The Morgan fingerprint density at radius 3 is 2.81 bits per heavy atom. The van der Waals surface area contributed by atoms with Crippen molar-refractivity contribution >= 4 is 11.3 Å². The average Bonchev–Trinajstić information content (AvgIpc) is 2.76. The van der Waals surface area contributed by atoms with Crippen LogP contribution in [0.1, 0.15) is 21.7 Å². The average molecular weight is 300 g/mol. The lowest BCUT2D eigenvalue weighted by atomic mass is 10.1. The van der Waals surface area contributed by atoms with Gasteiger partial charge in [0.05, 0.1) is 0 Å². The van der Waals surface area contributed by atoms with Gasteiger partial charge in [-0.1, -0.05) is 30.3 Å². The first-order valence-corrected chi connectivity index (χ1v) is 8.66. The number of thiophene rings is 1. The van der Waals surface area contributed by atoms with Gasteiger partial charge < -0.3 is 5.32 Å². The van der Waals surface area contributed by atoms with E-state index in [4.69, 9.17) is 0 Å². The van der Waals surface area contributed by atoms with Crippen LogP contribution in [0.2, 0.25) is 0 Å². The smallest absolute Gasteiger partial charge is 0.0328 e. The molecule has 1 aliphatic rings. The van der Waals surface area contributed by atoms with Crippen molar-refractivity contribution in [2.45, 2.75) is 32.4 Å². The fraction of sp³-hybridized carbons (Fsp3) is 0.444. The predicted octanol–water partition coefficient (Wildman–Crippen LogP) is 3.46. The summed E-state index contributed by atoms with van der Waals surface area (Å²) in [7, 11) is 0. The van der Waals surface area contributed by atoms with Crippen LogP contribution in [0.25, 0.3) is 0 Å². The molecule has 0 amide bonds. The van der Waals surface area contributed by atoms with E-state index < -0.39 is 0 Å². The molecule has 0 spiro atoms. The monoisotopic (exact) mass is 300 g/mol. The van der Waals surface area contributed by atoms with E-state index in [2.05, 4.69) is 59.6 Å². The SMILES string of the molecule is Cc1ccc(CN2CCCNC(Cc3ccccc3)C2)s1. The summed E-state index contributed by atoms with van der Waals surface area (Å²) < 4.78 is 0. The van der Waals surface area contributed by atoms with Gasteiger partial charge in [-0.25, -0.2) is 0 Å². The van der Waals surface area contributed by atoms with Crippen LogP contribution in [-0.2, 0) is 13.0 Å². The zero-order valence-corrected chi connectivity index (χ0v) is 13.5. The topological polar surface area (TPSA) is 15.3 Å². The molecule has 2 heterocycles. The number of hydrogen-bond donors (Lipinski definition) is 1. The number of aryl methyl sites for hydroxylation is 1. The second kappa shape index (κ2) is 7.21. The van der Waals surface area contributed by atoms with Crippen LogP contribution < -0.4 is 5.32 Å². The van der Waals surface area contributed by atoms with Gasteiger partial charge in [0.15, 0.2) is 0 Å². The maximum Gasteiger partial charge on any atom is 0.0328 e. The van der Waals surface area contributed by atoms with E-state index in [1.54, 1.807) is 0 Å². The molecular weight excluding hydrogens is 276 g/mol. The van der Waals surface area contributed by atoms with Crippen LogP contribution in [-0.4, -0.2) is 30.6 Å². The molecule has 2 aromatic rings. The first-order chi connectivity index (χ1) is 10.3. The van der Waals surface area contributed by atoms with E-state index in [1.807, 2.05) is 11.3 Å². The Labute approximate surface area is 131 Å². The number of nitrogens with one attached hydrogen (secondary N) is 1. The van der Waals surface area contributed by atoms with Gasteiger partial charge in [-0.15, -0.1) is 11.3 Å². The zero-order chi connectivity index (χ0) is 14.5. The maximum absolute atomic E-state index is 3.71. The van der Waals surface area contributed by atoms with Gasteiger partial charge in [-0.2, -0.15) is 0 Å². The van der Waals surface area contributed by atoms with E-state index in [1.165, 1.54) is 28.3 Å². The minimum Gasteiger partial charge on any atom is -0.312 e. The molecule has 21 heavy (non-hydrogen) atoms. The van der Waals surface area contributed by atoms with Crippen molar-refractivity contribution in [3.05, 3.63) is 57.8 Å². The highest BCUT2D eigenvalue weighted by molar-refractivity contribution is 7.11. The summed E-state index contributed by atoms with van der Waals surface area (Å²) in [6, 6.07) is 15.9. The van der Waals surface area contributed by atoms with Gasteiger partial charge in [-0.3, -0.25) is 4.90 Å². The Bertz CT molecular complexity index is 549. The minimum absolute atomic E-state index is 0.566. The van der Waals surface area contributed by atoms with Crippen LogP contribution in [0.4, 0.5) is 0 Å². The summed E-state index contributed by atoms with van der Waals surface area (Å²) in [5.74, 6) is 0. The summed E-state index contributed by atoms with van der Waals surface area (Å²) in [4.78, 5) is 5.52. The van der Waals surface area contributed by atoms with Crippen molar-refractivity contribution in [3.63, 3.8) is 0 Å². The molecule has 2 nitrogen and oxygen atoms in total. The molecule has 1 fully saturated rings. The fourth-order valence-electron chi connectivity index (χ4n) is 3.05. The fourth-order valence-corrected chi connectivity index (χ4v) is 3.98. The van der Waals surface area contributed by atoms with Crippen molar-refractivity contribution in [3.8, 4) is 0 Å². The third-order valence-electron chi connectivity index (χ3n) is 4.06. The maximum atomic E-state index is 3.71.